The molecule has 2 aliphatic rings. The van der Waals surface area contributed by atoms with E-state index in [-0.39, 0.29) is 17.9 Å². The Labute approximate surface area is 176 Å². The summed E-state index contributed by atoms with van der Waals surface area (Å²) in [5.74, 6) is 2.76. The molecule has 2 aromatic rings. The number of aromatic nitrogens is 3. The molecule has 0 radical (unpaired) electrons. The molecule has 4 rings (SSSR count). The smallest absolute Gasteiger partial charge is 0.227 e. The van der Waals surface area contributed by atoms with Gasteiger partial charge in [-0.1, -0.05) is 37.2 Å². The molecule has 7 heteroatoms. The van der Waals surface area contributed by atoms with Crippen molar-refractivity contribution in [2.24, 2.45) is 0 Å². The van der Waals surface area contributed by atoms with Gasteiger partial charge in [-0.15, -0.1) is 5.10 Å². The molecule has 1 aliphatic carbocycles. The predicted octanol–water partition coefficient (Wildman–Crippen LogP) is 4.98. The van der Waals surface area contributed by atoms with Crippen LogP contribution < -0.4 is 10.1 Å². The predicted molar refractivity (Wildman–Crippen MR) is 116 cm³/mol. The van der Waals surface area contributed by atoms with Gasteiger partial charge in [-0.05, 0) is 50.8 Å². The molecule has 0 bridgehead atoms. The van der Waals surface area contributed by atoms with Crippen molar-refractivity contribution in [2.75, 3.05) is 11.1 Å². The molecule has 0 saturated carbocycles. The largest absolute Gasteiger partial charge is 0.491 e. The highest BCUT2D eigenvalue weighted by Crippen LogP contribution is 2.40. The lowest BCUT2D eigenvalue weighted by atomic mass is 9.85. The lowest BCUT2D eigenvalue weighted by molar-refractivity contribution is -0.116. The van der Waals surface area contributed by atoms with Gasteiger partial charge in [0.15, 0.2) is 5.78 Å². The Morgan fingerprint density at radius 2 is 2.07 bits per heavy atom. The summed E-state index contributed by atoms with van der Waals surface area (Å²) in [6, 6.07) is 7.78. The number of Topliss-reactive ketones (excluding diaryl/α,β-unsaturated/α-hetero) is 1. The number of nitrogens with zero attached hydrogens (tertiary/aromatic N) is 3. The van der Waals surface area contributed by atoms with E-state index in [4.69, 9.17) is 14.8 Å². The van der Waals surface area contributed by atoms with E-state index >= 15 is 0 Å². The van der Waals surface area contributed by atoms with Gasteiger partial charge in [0, 0.05) is 23.4 Å². The number of ketones is 1. The van der Waals surface area contributed by atoms with Gasteiger partial charge in [-0.25, -0.2) is 4.68 Å². The van der Waals surface area contributed by atoms with Crippen LogP contribution >= 0.6 is 11.8 Å². The van der Waals surface area contributed by atoms with E-state index in [2.05, 4.69) is 12.2 Å². The van der Waals surface area contributed by atoms with Crippen LogP contribution in [0.3, 0.4) is 0 Å². The molecule has 1 N–H and O–H groups in total. The number of ether oxygens (including phenoxy) is 1. The number of benzene rings is 1. The highest BCUT2D eigenvalue weighted by Gasteiger charge is 2.36. The summed E-state index contributed by atoms with van der Waals surface area (Å²) in [5, 5.41) is 8.91. The Balaban J connectivity index is 1.71. The normalized spacial score (nSPS) is 18.5. The molecule has 1 aliphatic heterocycles. The van der Waals surface area contributed by atoms with Crippen LogP contribution in [0.2, 0.25) is 0 Å². The maximum atomic E-state index is 12.9. The second-order valence-electron chi connectivity index (χ2n) is 7.80. The number of rotatable bonds is 7. The zero-order chi connectivity index (χ0) is 20.4. The van der Waals surface area contributed by atoms with Crippen LogP contribution in [0, 0.1) is 0 Å². The minimum absolute atomic E-state index is 0.124. The fraction of sp³-hybridized carbons (Fsp3) is 0.500. The van der Waals surface area contributed by atoms with Gasteiger partial charge < -0.3 is 10.1 Å². The van der Waals surface area contributed by atoms with Crippen molar-refractivity contribution in [1.29, 1.82) is 0 Å². The summed E-state index contributed by atoms with van der Waals surface area (Å²) in [7, 11) is 0. The van der Waals surface area contributed by atoms with Crippen molar-refractivity contribution in [3.63, 3.8) is 0 Å². The Morgan fingerprint density at radius 1 is 1.28 bits per heavy atom. The summed E-state index contributed by atoms with van der Waals surface area (Å²) >= 11 is 1.67. The summed E-state index contributed by atoms with van der Waals surface area (Å²) in [5.41, 5.74) is 2.86. The highest BCUT2D eigenvalue weighted by molar-refractivity contribution is 7.99. The number of hydrogen-bond donors (Lipinski definition) is 1. The topological polar surface area (TPSA) is 69.0 Å². The monoisotopic (exact) mass is 412 g/mol. The van der Waals surface area contributed by atoms with Crippen molar-refractivity contribution in [3.8, 4) is 5.75 Å². The van der Waals surface area contributed by atoms with Gasteiger partial charge in [0.05, 0.1) is 6.10 Å². The van der Waals surface area contributed by atoms with Crippen LogP contribution in [0.5, 0.6) is 5.75 Å². The summed E-state index contributed by atoms with van der Waals surface area (Å²) < 4.78 is 7.67. The molecular weight excluding hydrogens is 384 g/mol. The summed E-state index contributed by atoms with van der Waals surface area (Å²) in [6.07, 6.45) is 4.75. The number of anilines is 1. The quantitative estimate of drug-likeness (QED) is 0.511. The summed E-state index contributed by atoms with van der Waals surface area (Å²) in [4.78, 5) is 17.6. The Hall–Kier alpha value is -2.28. The lowest BCUT2D eigenvalue weighted by Crippen LogP contribution is -2.31. The first-order valence-electron chi connectivity index (χ1n) is 10.5. The van der Waals surface area contributed by atoms with E-state index in [1.807, 2.05) is 42.8 Å². The molecule has 0 saturated heterocycles. The molecule has 1 aromatic carbocycles. The number of unbranched alkanes of at least 4 members (excludes halogenated alkanes) is 1. The van der Waals surface area contributed by atoms with Crippen LogP contribution in [0.1, 0.15) is 64.5 Å². The molecule has 6 nitrogen and oxygen atoms in total. The van der Waals surface area contributed by atoms with Gasteiger partial charge in [0.2, 0.25) is 11.1 Å². The van der Waals surface area contributed by atoms with Crippen LogP contribution in [0.15, 0.2) is 40.7 Å². The number of thioether (sulfide) groups is 1. The second kappa shape index (κ2) is 8.61. The van der Waals surface area contributed by atoms with E-state index < -0.39 is 0 Å². The van der Waals surface area contributed by atoms with Crippen LogP contribution in [0.4, 0.5) is 5.95 Å². The minimum atomic E-state index is -0.241. The van der Waals surface area contributed by atoms with Crippen LogP contribution in [-0.2, 0) is 4.79 Å². The Morgan fingerprint density at radius 3 is 2.79 bits per heavy atom. The third-order valence-corrected chi connectivity index (χ3v) is 6.07. The van der Waals surface area contributed by atoms with Gasteiger partial charge >= 0.3 is 0 Å². The van der Waals surface area contributed by atoms with Gasteiger partial charge in [-0.3, -0.25) is 4.79 Å². The molecule has 29 heavy (non-hydrogen) atoms. The number of carbonyl (C=O) groups excluding carboxylic acids is 1. The fourth-order valence-electron chi connectivity index (χ4n) is 3.81. The van der Waals surface area contributed by atoms with E-state index in [0.717, 1.165) is 65.1 Å². The summed E-state index contributed by atoms with van der Waals surface area (Å²) in [6.45, 7) is 6.20. The molecule has 0 spiro atoms. The number of nitrogens with one attached hydrogen (secondary N) is 1. The zero-order valence-corrected chi connectivity index (χ0v) is 18.1. The standard InChI is InChI=1S/C22H28N4O2S/c1-4-5-13-29-22-24-21-23-17-7-6-8-18(27)19(17)20(26(21)25-22)15-9-11-16(12-10-15)28-14(2)3/h9-12,14,20H,4-8,13H2,1-3H3,(H,23,24,25). The average Bonchev–Trinajstić information content (AvgIpc) is 3.09. The number of fused-ring (bicyclic) bond motifs is 1. The molecule has 1 unspecified atom stereocenters. The van der Waals surface area contributed by atoms with Crippen molar-refractivity contribution < 1.29 is 9.53 Å². The first-order valence-corrected chi connectivity index (χ1v) is 11.4. The average molecular weight is 413 g/mol. The molecule has 1 atom stereocenters. The maximum Gasteiger partial charge on any atom is 0.227 e. The molecule has 1 aromatic heterocycles. The van der Waals surface area contributed by atoms with E-state index in [1.54, 1.807) is 11.8 Å². The number of carbonyl (C=O) groups is 1. The molecule has 0 amide bonds. The molecular formula is C22H28N4O2S. The second-order valence-corrected chi connectivity index (χ2v) is 8.86. The van der Waals surface area contributed by atoms with Crippen molar-refractivity contribution in [3.05, 3.63) is 41.1 Å². The van der Waals surface area contributed by atoms with E-state index in [0.29, 0.717) is 6.42 Å². The van der Waals surface area contributed by atoms with E-state index in [9.17, 15) is 4.79 Å². The maximum absolute atomic E-state index is 12.9. The van der Waals surface area contributed by atoms with Crippen molar-refractivity contribution in [1.82, 2.24) is 14.8 Å². The highest BCUT2D eigenvalue weighted by atomic mass is 32.2. The van der Waals surface area contributed by atoms with Gasteiger partial charge in [0.25, 0.3) is 0 Å². The van der Waals surface area contributed by atoms with Gasteiger partial charge in [0.1, 0.15) is 11.8 Å². The van der Waals surface area contributed by atoms with Crippen molar-refractivity contribution >= 4 is 23.5 Å². The molecule has 154 valence electrons. The first kappa shape index (κ1) is 20.0. The number of hydrogen-bond acceptors (Lipinski definition) is 6. The molecule has 2 heterocycles. The minimum Gasteiger partial charge on any atom is -0.491 e. The van der Waals surface area contributed by atoms with E-state index in [1.165, 1.54) is 0 Å². The Bertz CT molecular complexity index is 917. The van der Waals surface area contributed by atoms with Crippen molar-refractivity contribution in [2.45, 2.75) is 70.2 Å². The number of allylic oxidation sites excluding steroid dienone is 2. The first-order chi connectivity index (χ1) is 14.1. The van der Waals surface area contributed by atoms with Gasteiger partial charge in [-0.2, -0.15) is 4.98 Å². The van der Waals surface area contributed by atoms with Crippen LogP contribution in [0.25, 0.3) is 0 Å². The van der Waals surface area contributed by atoms with Crippen LogP contribution in [-0.4, -0.2) is 32.4 Å². The zero-order valence-electron chi connectivity index (χ0n) is 17.3. The third-order valence-electron chi connectivity index (χ3n) is 5.15. The SMILES string of the molecule is CCCCSc1nc2n(n1)C(c1ccc(OC(C)C)cc1)C1=C(CCCC1=O)N2. The lowest BCUT2D eigenvalue weighted by Gasteiger charge is -2.32. The third kappa shape index (κ3) is 4.20. The Kier molecular flexibility index (Phi) is 5.94. The fourth-order valence-corrected chi connectivity index (χ4v) is 4.73. The molecule has 0 fully saturated rings.